The van der Waals surface area contributed by atoms with Crippen molar-refractivity contribution in [1.82, 2.24) is 10.0 Å². The molecule has 0 aliphatic heterocycles. The third-order valence-corrected chi connectivity index (χ3v) is 5.05. The zero-order chi connectivity index (χ0) is 19.3. The second-order valence-electron chi connectivity index (χ2n) is 5.18. The molecule has 26 heavy (non-hydrogen) atoms. The van der Waals surface area contributed by atoms with Crippen LogP contribution in [-0.2, 0) is 10.0 Å². The molecule has 8 nitrogen and oxygen atoms in total. The van der Waals surface area contributed by atoms with E-state index in [1.165, 1.54) is 39.4 Å². The second-order valence-corrected chi connectivity index (χ2v) is 7.04. The molecule has 3 N–H and O–H groups in total. The van der Waals surface area contributed by atoms with Gasteiger partial charge < -0.3 is 15.4 Å². The van der Waals surface area contributed by atoms with Crippen LogP contribution < -0.4 is 20.1 Å². The van der Waals surface area contributed by atoms with Gasteiger partial charge in [0.05, 0.1) is 7.11 Å². The van der Waals surface area contributed by atoms with Crippen LogP contribution in [0.4, 0.5) is 5.69 Å². The Bertz CT molecular complexity index is 924. The lowest BCUT2D eigenvalue weighted by Crippen LogP contribution is -2.20. The summed E-state index contributed by atoms with van der Waals surface area (Å²) < 4.78 is 31.4. The molecule has 0 radical (unpaired) electrons. The van der Waals surface area contributed by atoms with Gasteiger partial charge in [-0.2, -0.15) is 0 Å². The molecule has 0 bridgehead atoms. The lowest BCUT2D eigenvalue weighted by molar-refractivity contribution is 0.0962. The highest BCUT2D eigenvalue weighted by atomic mass is 32.2. The average molecular weight is 377 g/mol. The maximum absolute atomic E-state index is 12.4. The molecular formula is C17H19N3O5S. The van der Waals surface area contributed by atoms with Crippen molar-refractivity contribution in [2.24, 2.45) is 0 Å². The fourth-order valence-electron chi connectivity index (χ4n) is 2.19. The number of hydrogen-bond acceptors (Lipinski definition) is 5. The number of methoxy groups -OCH3 is 1. The second kappa shape index (κ2) is 7.98. The molecule has 2 amide bonds. The molecule has 0 saturated carbocycles. The third kappa shape index (κ3) is 4.19. The summed E-state index contributed by atoms with van der Waals surface area (Å²) in [5, 5.41) is 5.15. The van der Waals surface area contributed by atoms with Crippen LogP contribution in [0.1, 0.15) is 20.7 Å². The molecule has 0 aliphatic rings. The average Bonchev–Trinajstić information content (AvgIpc) is 2.67. The Kier molecular flexibility index (Phi) is 5.96. The van der Waals surface area contributed by atoms with Crippen molar-refractivity contribution >= 4 is 27.5 Å². The van der Waals surface area contributed by atoms with Crippen molar-refractivity contribution in [3.8, 4) is 5.75 Å². The Balaban J connectivity index is 2.27. The lowest BCUT2D eigenvalue weighted by Gasteiger charge is -2.11. The molecule has 0 heterocycles. The Morgan fingerprint density at radius 2 is 1.54 bits per heavy atom. The van der Waals surface area contributed by atoms with Crippen LogP contribution in [0.2, 0.25) is 0 Å². The van der Waals surface area contributed by atoms with Gasteiger partial charge in [0.15, 0.2) is 0 Å². The SMILES string of the molecule is CNC(=O)c1ccc(NC(=O)c2ccc(OC)c(S(=O)(=O)NC)c2)cc1. The molecule has 0 aliphatic carbocycles. The Morgan fingerprint density at radius 3 is 2.08 bits per heavy atom. The summed E-state index contributed by atoms with van der Waals surface area (Å²) in [4.78, 5) is 23.8. The van der Waals surface area contributed by atoms with Gasteiger partial charge in [-0.3, -0.25) is 9.59 Å². The maximum atomic E-state index is 12.4. The third-order valence-electron chi connectivity index (χ3n) is 3.62. The number of hydrogen-bond donors (Lipinski definition) is 3. The first kappa shape index (κ1) is 19.4. The fourth-order valence-corrected chi connectivity index (χ4v) is 3.11. The van der Waals surface area contributed by atoms with E-state index in [9.17, 15) is 18.0 Å². The standard InChI is InChI=1S/C17H19N3O5S/c1-18-16(21)11-4-7-13(8-5-11)20-17(22)12-6-9-14(25-3)15(10-12)26(23,24)19-2/h4-10,19H,1-3H3,(H,18,21)(H,20,22). The van der Waals surface area contributed by atoms with Gasteiger partial charge in [0.1, 0.15) is 10.6 Å². The summed E-state index contributed by atoms with van der Waals surface area (Å²) in [6.45, 7) is 0. The summed E-state index contributed by atoms with van der Waals surface area (Å²) in [6.07, 6.45) is 0. The van der Waals surface area contributed by atoms with Gasteiger partial charge in [-0.25, -0.2) is 13.1 Å². The molecule has 0 fully saturated rings. The minimum atomic E-state index is -3.79. The molecule has 2 aromatic carbocycles. The molecule has 0 unspecified atom stereocenters. The van der Waals surface area contributed by atoms with Crippen molar-refractivity contribution in [3.63, 3.8) is 0 Å². The van der Waals surface area contributed by atoms with Gasteiger partial charge in [0.25, 0.3) is 11.8 Å². The topological polar surface area (TPSA) is 114 Å². The number of sulfonamides is 1. The fraction of sp³-hybridized carbons (Fsp3) is 0.176. The van der Waals surface area contributed by atoms with E-state index in [4.69, 9.17) is 4.74 Å². The van der Waals surface area contributed by atoms with Gasteiger partial charge in [-0.1, -0.05) is 0 Å². The van der Waals surface area contributed by atoms with Gasteiger partial charge in [0, 0.05) is 23.9 Å². The minimum absolute atomic E-state index is 0.130. The number of nitrogens with one attached hydrogen (secondary N) is 3. The lowest BCUT2D eigenvalue weighted by atomic mass is 10.1. The van der Waals surface area contributed by atoms with Crippen LogP contribution in [0.15, 0.2) is 47.4 Å². The Morgan fingerprint density at radius 1 is 0.923 bits per heavy atom. The van der Waals surface area contributed by atoms with Crippen LogP contribution >= 0.6 is 0 Å². The summed E-state index contributed by atoms with van der Waals surface area (Å²) in [5.74, 6) is -0.598. The molecule has 0 aromatic heterocycles. The van der Waals surface area contributed by atoms with Crippen molar-refractivity contribution in [2.75, 3.05) is 26.5 Å². The zero-order valence-electron chi connectivity index (χ0n) is 14.5. The van der Waals surface area contributed by atoms with Crippen molar-refractivity contribution in [1.29, 1.82) is 0 Å². The van der Waals surface area contributed by atoms with Gasteiger partial charge in [-0.15, -0.1) is 0 Å². The van der Waals surface area contributed by atoms with E-state index >= 15 is 0 Å². The summed E-state index contributed by atoms with van der Waals surface area (Å²) in [6, 6.07) is 10.4. The number of amides is 2. The molecular weight excluding hydrogens is 358 g/mol. The van der Waals surface area contributed by atoms with E-state index in [-0.39, 0.29) is 22.1 Å². The number of ether oxygens (including phenoxy) is 1. The predicted molar refractivity (Wildman–Crippen MR) is 97.0 cm³/mol. The predicted octanol–water partition coefficient (Wildman–Crippen LogP) is 1.22. The number of carbonyl (C=O) groups is 2. The Hall–Kier alpha value is -2.91. The van der Waals surface area contributed by atoms with Crippen molar-refractivity contribution in [2.45, 2.75) is 4.90 Å². The van der Waals surface area contributed by atoms with E-state index in [1.807, 2.05) is 0 Å². The number of carbonyl (C=O) groups excluding carboxylic acids is 2. The van der Waals surface area contributed by atoms with Crippen LogP contribution in [-0.4, -0.2) is 41.4 Å². The normalized spacial score (nSPS) is 10.9. The largest absolute Gasteiger partial charge is 0.495 e. The smallest absolute Gasteiger partial charge is 0.255 e. The minimum Gasteiger partial charge on any atom is -0.495 e. The van der Waals surface area contributed by atoms with Crippen molar-refractivity contribution < 1.29 is 22.7 Å². The van der Waals surface area contributed by atoms with E-state index in [2.05, 4.69) is 15.4 Å². The monoisotopic (exact) mass is 377 g/mol. The Labute approximate surface area is 151 Å². The summed E-state index contributed by atoms with van der Waals surface area (Å²) >= 11 is 0. The number of benzene rings is 2. The molecule has 2 rings (SSSR count). The first-order valence-corrected chi connectivity index (χ1v) is 9.05. The van der Waals surface area contributed by atoms with Gasteiger partial charge in [0.2, 0.25) is 10.0 Å². The summed E-state index contributed by atoms with van der Waals surface area (Å²) in [7, 11) is 0.357. The number of rotatable bonds is 6. The zero-order valence-corrected chi connectivity index (χ0v) is 15.3. The molecule has 9 heteroatoms. The van der Waals surface area contributed by atoms with E-state index in [0.29, 0.717) is 11.3 Å². The van der Waals surface area contributed by atoms with Gasteiger partial charge >= 0.3 is 0 Å². The molecule has 2 aromatic rings. The molecule has 0 spiro atoms. The van der Waals surface area contributed by atoms with Crippen LogP contribution in [0.3, 0.4) is 0 Å². The van der Waals surface area contributed by atoms with Crippen LogP contribution in [0.25, 0.3) is 0 Å². The number of anilines is 1. The van der Waals surface area contributed by atoms with Gasteiger partial charge in [-0.05, 0) is 49.5 Å². The molecule has 138 valence electrons. The van der Waals surface area contributed by atoms with E-state index in [1.54, 1.807) is 24.3 Å². The highest BCUT2D eigenvalue weighted by Crippen LogP contribution is 2.25. The summed E-state index contributed by atoms with van der Waals surface area (Å²) in [5.41, 5.74) is 1.07. The highest BCUT2D eigenvalue weighted by molar-refractivity contribution is 7.89. The quantitative estimate of drug-likeness (QED) is 0.700. The maximum Gasteiger partial charge on any atom is 0.255 e. The van der Waals surface area contributed by atoms with Crippen molar-refractivity contribution in [3.05, 3.63) is 53.6 Å². The van der Waals surface area contributed by atoms with E-state index in [0.717, 1.165) is 0 Å². The molecule has 0 saturated heterocycles. The highest BCUT2D eigenvalue weighted by Gasteiger charge is 2.20. The van der Waals surface area contributed by atoms with Crippen LogP contribution in [0.5, 0.6) is 5.75 Å². The van der Waals surface area contributed by atoms with Crippen LogP contribution in [0, 0.1) is 0 Å². The van der Waals surface area contributed by atoms with E-state index < -0.39 is 15.9 Å². The molecule has 0 atom stereocenters. The first-order chi connectivity index (χ1) is 12.3. The first-order valence-electron chi connectivity index (χ1n) is 7.57.